The summed E-state index contributed by atoms with van der Waals surface area (Å²) in [5, 5.41) is 0.0371. The number of aromatic nitrogens is 4. The highest BCUT2D eigenvalue weighted by atomic mass is 32.2. The third-order valence-electron chi connectivity index (χ3n) is 4.69. The van der Waals surface area contributed by atoms with Crippen LogP contribution in [0.5, 0.6) is 0 Å². The van der Waals surface area contributed by atoms with E-state index in [9.17, 15) is 8.42 Å². The fraction of sp³-hybridized carbons (Fsp3) is 0.200. The van der Waals surface area contributed by atoms with Crippen molar-refractivity contribution in [2.45, 2.75) is 31.3 Å². The second-order valence-electron chi connectivity index (χ2n) is 6.44. The Kier molecular flexibility index (Phi) is 4.87. The SMILES string of the molecule is CCn1c(CCc2ccccc2NS(=O)(=O)c2cnc[nH]2)nc2ccccc21. The first-order chi connectivity index (χ1) is 13.6. The zero-order chi connectivity index (χ0) is 19.6. The van der Waals surface area contributed by atoms with Crippen molar-refractivity contribution in [1.82, 2.24) is 19.5 Å². The lowest BCUT2D eigenvalue weighted by Crippen LogP contribution is -2.15. The summed E-state index contributed by atoms with van der Waals surface area (Å²) < 4.78 is 29.9. The third kappa shape index (κ3) is 3.50. The van der Waals surface area contributed by atoms with Crippen molar-refractivity contribution >= 4 is 26.7 Å². The predicted molar refractivity (Wildman–Crippen MR) is 109 cm³/mol. The molecule has 2 aromatic carbocycles. The van der Waals surface area contributed by atoms with E-state index >= 15 is 0 Å². The molecule has 0 aliphatic rings. The van der Waals surface area contributed by atoms with E-state index < -0.39 is 10.0 Å². The topological polar surface area (TPSA) is 92.7 Å². The normalized spacial score (nSPS) is 11.8. The predicted octanol–water partition coefficient (Wildman–Crippen LogP) is 3.37. The summed E-state index contributed by atoms with van der Waals surface area (Å²) in [5.74, 6) is 0.995. The van der Waals surface area contributed by atoms with Gasteiger partial charge in [-0.3, -0.25) is 4.72 Å². The molecule has 0 radical (unpaired) electrons. The highest BCUT2D eigenvalue weighted by molar-refractivity contribution is 7.92. The molecule has 0 aliphatic carbocycles. The van der Waals surface area contributed by atoms with Gasteiger partial charge in [-0.05, 0) is 37.1 Å². The first kappa shape index (κ1) is 18.2. The van der Waals surface area contributed by atoms with Crippen LogP contribution in [0.4, 0.5) is 5.69 Å². The number of nitrogens with zero attached hydrogens (tertiary/aromatic N) is 3. The maximum atomic E-state index is 12.5. The van der Waals surface area contributed by atoms with Gasteiger partial charge in [0.25, 0.3) is 10.0 Å². The molecule has 0 bridgehead atoms. The van der Waals surface area contributed by atoms with Gasteiger partial charge in [-0.25, -0.2) is 9.97 Å². The number of H-pyrrole nitrogens is 1. The van der Waals surface area contributed by atoms with Crippen LogP contribution < -0.4 is 4.72 Å². The van der Waals surface area contributed by atoms with Crippen molar-refractivity contribution < 1.29 is 8.42 Å². The number of imidazole rings is 2. The molecule has 0 amide bonds. The number of fused-ring (bicyclic) bond motifs is 1. The van der Waals surface area contributed by atoms with Crippen molar-refractivity contribution in [3.8, 4) is 0 Å². The van der Waals surface area contributed by atoms with Crippen LogP contribution in [0, 0.1) is 0 Å². The monoisotopic (exact) mass is 395 g/mol. The van der Waals surface area contributed by atoms with Crippen molar-refractivity contribution in [3.05, 3.63) is 72.4 Å². The second kappa shape index (κ2) is 7.47. The second-order valence-corrected chi connectivity index (χ2v) is 8.09. The number of hydrogen-bond acceptors (Lipinski definition) is 4. The van der Waals surface area contributed by atoms with Crippen LogP contribution in [0.25, 0.3) is 11.0 Å². The van der Waals surface area contributed by atoms with Gasteiger partial charge in [0.05, 0.1) is 29.2 Å². The number of para-hydroxylation sites is 3. The number of sulfonamides is 1. The first-order valence-corrected chi connectivity index (χ1v) is 10.6. The van der Waals surface area contributed by atoms with Gasteiger partial charge in [0.2, 0.25) is 0 Å². The van der Waals surface area contributed by atoms with Gasteiger partial charge in [0, 0.05) is 13.0 Å². The smallest absolute Gasteiger partial charge is 0.278 e. The maximum Gasteiger partial charge on any atom is 0.278 e. The van der Waals surface area contributed by atoms with E-state index in [2.05, 4.69) is 32.2 Å². The summed E-state index contributed by atoms with van der Waals surface area (Å²) in [6.07, 6.45) is 4.01. The molecular formula is C20H21N5O2S. The molecular weight excluding hydrogens is 374 g/mol. The van der Waals surface area contributed by atoms with Gasteiger partial charge in [0.15, 0.2) is 5.03 Å². The van der Waals surface area contributed by atoms with Crippen molar-refractivity contribution in [3.63, 3.8) is 0 Å². The summed E-state index contributed by atoms with van der Waals surface area (Å²) >= 11 is 0. The molecule has 144 valence electrons. The molecule has 0 saturated carbocycles. The summed E-state index contributed by atoms with van der Waals surface area (Å²) in [7, 11) is -3.70. The molecule has 8 heteroatoms. The minimum absolute atomic E-state index is 0.0371. The van der Waals surface area contributed by atoms with E-state index in [-0.39, 0.29) is 5.03 Å². The Morgan fingerprint density at radius 2 is 1.86 bits per heavy atom. The molecule has 4 aromatic rings. The average molecular weight is 395 g/mol. The molecule has 7 nitrogen and oxygen atoms in total. The zero-order valence-electron chi connectivity index (χ0n) is 15.5. The third-order valence-corrected chi connectivity index (χ3v) is 5.98. The van der Waals surface area contributed by atoms with E-state index in [1.807, 2.05) is 36.4 Å². The molecule has 0 saturated heterocycles. The van der Waals surface area contributed by atoms with Crippen molar-refractivity contribution in [2.24, 2.45) is 0 Å². The van der Waals surface area contributed by atoms with Gasteiger partial charge in [-0.1, -0.05) is 30.3 Å². The Bertz CT molecular complexity index is 1200. The minimum atomic E-state index is -3.70. The van der Waals surface area contributed by atoms with Crippen molar-refractivity contribution in [2.75, 3.05) is 4.72 Å². The van der Waals surface area contributed by atoms with E-state index in [1.54, 1.807) is 6.07 Å². The van der Waals surface area contributed by atoms with Gasteiger partial charge in [-0.2, -0.15) is 8.42 Å². The molecule has 0 spiro atoms. The van der Waals surface area contributed by atoms with Crippen LogP contribution in [0.15, 0.2) is 66.1 Å². The number of aromatic amines is 1. The maximum absolute atomic E-state index is 12.5. The number of anilines is 1. The Balaban J connectivity index is 1.59. The summed E-state index contributed by atoms with van der Waals surface area (Å²) in [6.45, 7) is 2.94. The van der Waals surface area contributed by atoms with Gasteiger partial charge < -0.3 is 9.55 Å². The number of aryl methyl sites for hydroxylation is 3. The molecule has 0 aliphatic heterocycles. The lowest BCUT2D eigenvalue weighted by Gasteiger charge is -2.12. The molecule has 0 atom stereocenters. The van der Waals surface area contributed by atoms with Gasteiger partial charge in [-0.15, -0.1) is 0 Å². The Labute approximate surface area is 163 Å². The van der Waals surface area contributed by atoms with E-state index in [0.29, 0.717) is 18.5 Å². The Morgan fingerprint density at radius 1 is 1.07 bits per heavy atom. The summed E-state index contributed by atoms with van der Waals surface area (Å²) in [4.78, 5) is 11.2. The molecule has 2 heterocycles. The number of hydrogen-bond donors (Lipinski definition) is 2. The lowest BCUT2D eigenvalue weighted by molar-refractivity contribution is 0.598. The zero-order valence-corrected chi connectivity index (χ0v) is 16.3. The van der Waals surface area contributed by atoms with E-state index in [0.717, 1.165) is 29.0 Å². The minimum Gasteiger partial charge on any atom is -0.334 e. The van der Waals surface area contributed by atoms with Gasteiger partial charge >= 0.3 is 0 Å². The van der Waals surface area contributed by atoms with Crippen LogP contribution >= 0.6 is 0 Å². The molecule has 0 unspecified atom stereocenters. The summed E-state index contributed by atoms with van der Waals surface area (Å²) in [5.41, 5.74) is 3.58. The average Bonchev–Trinajstić information content (AvgIpc) is 3.35. The van der Waals surface area contributed by atoms with E-state index in [1.165, 1.54) is 12.5 Å². The Morgan fingerprint density at radius 3 is 2.64 bits per heavy atom. The van der Waals surface area contributed by atoms with Crippen LogP contribution in [0.1, 0.15) is 18.3 Å². The number of benzene rings is 2. The highest BCUT2D eigenvalue weighted by Gasteiger charge is 2.17. The highest BCUT2D eigenvalue weighted by Crippen LogP contribution is 2.22. The van der Waals surface area contributed by atoms with Gasteiger partial charge in [0.1, 0.15) is 5.82 Å². The first-order valence-electron chi connectivity index (χ1n) is 9.11. The fourth-order valence-corrected chi connectivity index (χ4v) is 4.35. The molecule has 28 heavy (non-hydrogen) atoms. The number of rotatable bonds is 7. The van der Waals surface area contributed by atoms with Crippen LogP contribution in [0.3, 0.4) is 0 Å². The molecule has 4 rings (SSSR count). The van der Waals surface area contributed by atoms with Crippen LogP contribution in [0.2, 0.25) is 0 Å². The fourth-order valence-electron chi connectivity index (χ4n) is 3.34. The standard InChI is InChI=1S/C20H21N5O2S/c1-2-25-18-10-6-5-9-17(18)23-19(25)12-11-15-7-3-4-8-16(15)24-28(26,27)20-13-21-14-22-20/h3-10,13-14,24H,2,11-12H2,1H3,(H,21,22). The lowest BCUT2D eigenvalue weighted by atomic mass is 10.1. The largest absolute Gasteiger partial charge is 0.334 e. The van der Waals surface area contributed by atoms with Crippen molar-refractivity contribution in [1.29, 1.82) is 0 Å². The van der Waals surface area contributed by atoms with E-state index in [4.69, 9.17) is 4.98 Å². The van der Waals surface area contributed by atoms with Crippen LogP contribution in [-0.2, 0) is 29.4 Å². The number of nitrogens with one attached hydrogen (secondary N) is 2. The molecule has 2 N–H and O–H groups in total. The Hall–Kier alpha value is -3.13. The van der Waals surface area contributed by atoms with Crippen LogP contribution in [-0.4, -0.2) is 27.9 Å². The molecule has 2 aromatic heterocycles. The summed E-state index contributed by atoms with van der Waals surface area (Å²) in [6, 6.07) is 15.5. The quantitative estimate of drug-likeness (QED) is 0.502. The molecule has 0 fully saturated rings.